The van der Waals surface area contributed by atoms with Gasteiger partial charge >= 0.3 is 0 Å². The minimum absolute atomic E-state index is 0.275. The van der Waals surface area contributed by atoms with Crippen molar-refractivity contribution in [2.75, 3.05) is 20.6 Å². The summed E-state index contributed by atoms with van der Waals surface area (Å²) in [4.78, 5) is 3.63. The van der Waals surface area contributed by atoms with Crippen LogP contribution in [-0.2, 0) is 0 Å². The van der Waals surface area contributed by atoms with E-state index in [-0.39, 0.29) is 5.41 Å². The maximum atomic E-state index is 6.03. The molecule has 0 aromatic carbocycles. The van der Waals surface area contributed by atoms with Gasteiger partial charge in [-0.2, -0.15) is 0 Å². The van der Waals surface area contributed by atoms with E-state index in [1.165, 1.54) is 24.1 Å². The Bertz CT molecular complexity index is 352. The van der Waals surface area contributed by atoms with Crippen molar-refractivity contribution in [2.45, 2.75) is 25.3 Å². The topological polar surface area (TPSA) is 29.3 Å². The van der Waals surface area contributed by atoms with E-state index in [4.69, 9.17) is 17.3 Å². The average Bonchev–Trinajstić information content (AvgIpc) is 2.57. The fourth-order valence-corrected chi connectivity index (χ4v) is 4.20. The predicted molar refractivity (Wildman–Crippen MR) is 71.1 cm³/mol. The average molecular weight is 259 g/mol. The summed E-state index contributed by atoms with van der Waals surface area (Å²) in [6.07, 6.45) is 3.78. The van der Waals surface area contributed by atoms with Gasteiger partial charge in [-0.1, -0.05) is 18.0 Å². The number of nitrogens with two attached hydrogens (primary N) is 1. The standard InChI is InChI=1S/C12H19ClN2S/c1-15(2)11(9-4-5-10(13)16-9)12(8-14)6-3-7-12/h4-5,11H,3,6-8,14H2,1-2H3. The molecular formula is C12H19ClN2S. The van der Waals surface area contributed by atoms with Gasteiger partial charge in [-0.05, 0) is 45.6 Å². The van der Waals surface area contributed by atoms with Gasteiger partial charge in [0.05, 0.1) is 10.4 Å². The monoisotopic (exact) mass is 258 g/mol. The molecule has 1 fully saturated rings. The molecule has 16 heavy (non-hydrogen) atoms. The molecule has 0 spiro atoms. The van der Waals surface area contributed by atoms with Gasteiger partial charge in [0.25, 0.3) is 0 Å². The third kappa shape index (κ3) is 2.02. The lowest BCUT2D eigenvalue weighted by Crippen LogP contribution is -2.47. The van der Waals surface area contributed by atoms with Gasteiger partial charge < -0.3 is 10.6 Å². The quantitative estimate of drug-likeness (QED) is 0.899. The van der Waals surface area contributed by atoms with Crippen LogP contribution in [0.15, 0.2) is 12.1 Å². The van der Waals surface area contributed by atoms with Crippen LogP contribution in [0, 0.1) is 5.41 Å². The molecule has 0 saturated heterocycles. The summed E-state index contributed by atoms with van der Waals surface area (Å²) in [6, 6.07) is 4.55. The second-order valence-corrected chi connectivity index (χ2v) is 6.67. The van der Waals surface area contributed by atoms with Crippen LogP contribution in [0.5, 0.6) is 0 Å². The van der Waals surface area contributed by atoms with E-state index < -0.39 is 0 Å². The fraction of sp³-hybridized carbons (Fsp3) is 0.667. The molecule has 1 heterocycles. The van der Waals surface area contributed by atoms with Crippen molar-refractivity contribution in [3.8, 4) is 0 Å². The van der Waals surface area contributed by atoms with E-state index in [9.17, 15) is 0 Å². The molecule has 1 aliphatic rings. The predicted octanol–water partition coefficient (Wildman–Crippen LogP) is 3.13. The maximum absolute atomic E-state index is 6.03. The highest BCUT2D eigenvalue weighted by Gasteiger charge is 2.45. The maximum Gasteiger partial charge on any atom is 0.0931 e. The van der Waals surface area contributed by atoms with E-state index in [1.807, 2.05) is 6.07 Å². The molecule has 1 aliphatic carbocycles. The molecule has 90 valence electrons. The summed E-state index contributed by atoms with van der Waals surface area (Å²) in [6.45, 7) is 0.769. The van der Waals surface area contributed by atoms with Crippen LogP contribution < -0.4 is 5.73 Å². The lowest BCUT2D eigenvalue weighted by atomic mass is 9.63. The zero-order valence-electron chi connectivity index (χ0n) is 9.87. The van der Waals surface area contributed by atoms with Crippen LogP contribution >= 0.6 is 22.9 Å². The molecule has 0 radical (unpaired) electrons. The van der Waals surface area contributed by atoms with E-state index >= 15 is 0 Å². The molecule has 1 saturated carbocycles. The Labute approximate surface area is 106 Å². The Morgan fingerprint density at radius 2 is 2.19 bits per heavy atom. The Balaban J connectivity index is 2.30. The highest BCUT2D eigenvalue weighted by molar-refractivity contribution is 7.16. The molecule has 1 aromatic heterocycles. The zero-order chi connectivity index (χ0) is 11.8. The molecule has 1 aromatic rings. The summed E-state index contributed by atoms with van der Waals surface area (Å²) in [5.41, 5.74) is 6.27. The first-order valence-electron chi connectivity index (χ1n) is 5.71. The van der Waals surface area contributed by atoms with Gasteiger partial charge in [0.15, 0.2) is 0 Å². The van der Waals surface area contributed by atoms with Crippen molar-refractivity contribution in [3.63, 3.8) is 0 Å². The largest absolute Gasteiger partial charge is 0.330 e. The summed E-state index contributed by atoms with van der Waals surface area (Å²) < 4.78 is 0.869. The minimum Gasteiger partial charge on any atom is -0.330 e. The Kier molecular flexibility index (Phi) is 3.59. The van der Waals surface area contributed by atoms with Crippen molar-refractivity contribution in [1.29, 1.82) is 0 Å². The number of nitrogens with zero attached hydrogens (tertiary/aromatic N) is 1. The minimum atomic E-state index is 0.275. The third-order valence-electron chi connectivity index (χ3n) is 3.72. The van der Waals surface area contributed by atoms with E-state index in [1.54, 1.807) is 11.3 Å². The van der Waals surface area contributed by atoms with Gasteiger partial charge in [-0.25, -0.2) is 0 Å². The molecule has 1 unspecified atom stereocenters. The Morgan fingerprint density at radius 1 is 1.50 bits per heavy atom. The highest BCUT2D eigenvalue weighted by Crippen LogP contribution is 2.52. The number of hydrogen-bond acceptors (Lipinski definition) is 3. The molecule has 0 amide bonds. The van der Waals surface area contributed by atoms with Crippen LogP contribution in [-0.4, -0.2) is 25.5 Å². The van der Waals surface area contributed by atoms with Gasteiger partial charge in [0.2, 0.25) is 0 Å². The summed E-state index contributed by atoms with van der Waals surface area (Å²) in [5, 5.41) is 0. The van der Waals surface area contributed by atoms with E-state index in [0.717, 1.165) is 10.9 Å². The van der Waals surface area contributed by atoms with Crippen LogP contribution in [0.2, 0.25) is 4.34 Å². The van der Waals surface area contributed by atoms with Crippen molar-refractivity contribution >= 4 is 22.9 Å². The third-order valence-corrected chi connectivity index (χ3v) is 5.00. The van der Waals surface area contributed by atoms with E-state index in [2.05, 4.69) is 25.1 Å². The molecule has 2 N–H and O–H groups in total. The number of halogens is 1. The van der Waals surface area contributed by atoms with Crippen molar-refractivity contribution in [1.82, 2.24) is 4.90 Å². The summed E-state index contributed by atoms with van der Waals surface area (Å²) in [7, 11) is 4.27. The van der Waals surface area contributed by atoms with Gasteiger partial charge in [-0.15, -0.1) is 11.3 Å². The molecular weight excluding hydrogens is 240 g/mol. The Hall–Kier alpha value is -0.0900. The summed E-state index contributed by atoms with van der Waals surface area (Å²) >= 11 is 7.72. The lowest BCUT2D eigenvalue weighted by molar-refractivity contribution is 0.0302. The highest BCUT2D eigenvalue weighted by atomic mass is 35.5. The van der Waals surface area contributed by atoms with E-state index in [0.29, 0.717) is 6.04 Å². The SMILES string of the molecule is CN(C)C(c1ccc(Cl)s1)C1(CN)CCC1. The Morgan fingerprint density at radius 3 is 2.50 bits per heavy atom. The first kappa shape index (κ1) is 12.4. The normalized spacial score (nSPS) is 20.8. The second-order valence-electron chi connectivity index (χ2n) is 4.93. The zero-order valence-corrected chi connectivity index (χ0v) is 11.4. The van der Waals surface area contributed by atoms with Crippen LogP contribution in [0.4, 0.5) is 0 Å². The van der Waals surface area contributed by atoms with Crippen molar-refractivity contribution < 1.29 is 0 Å². The molecule has 2 nitrogen and oxygen atoms in total. The van der Waals surface area contributed by atoms with Gasteiger partial charge in [0, 0.05) is 10.3 Å². The van der Waals surface area contributed by atoms with Gasteiger partial charge in [-0.3, -0.25) is 0 Å². The molecule has 1 atom stereocenters. The van der Waals surface area contributed by atoms with Crippen LogP contribution in [0.25, 0.3) is 0 Å². The van der Waals surface area contributed by atoms with Crippen LogP contribution in [0.1, 0.15) is 30.2 Å². The molecule has 2 rings (SSSR count). The van der Waals surface area contributed by atoms with Crippen LogP contribution in [0.3, 0.4) is 0 Å². The van der Waals surface area contributed by atoms with Gasteiger partial charge in [0.1, 0.15) is 0 Å². The first-order valence-corrected chi connectivity index (χ1v) is 6.90. The number of hydrogen-bond donors (Lipinski definition) is 1. The molecule has 0 bridgehead atoms. The van der Waals surface area contributed by atoms with Crippen molar-refractivity contribution in [2.24, 2.45) is 11.1 Å². The fourth-order valence-electron chi connectivity index (χ4n) is 2.80. The van der Waals surface area contributed by atoms with Crippen molar-refractivity contribution in [3.05, 3.63) is 21.3 Å². The molecule has 0 aliphatic heterocycles. The lowest BCUT2D eigenvalue weighted by Gasteiger charge is -2.49. The smallest absolute Gasteiger partial charge is 0.0931 e. The number of thiophene rings is 1. The molecule has 4 heteroatoms. The number of rotatable bonds is 4. The second kappa shape index (κ2) is 4.65. The first-order chi connectivity index (χ1) is 7.59. The summed E-state index contributed by atoms with van der Waals surface area (Å²) in [5.74, 6) is 0.